The zero-order chi connectivity index (χ0) is 10.6. The highest BCUT2D eigenvalue weighted by Crippen LogP contribution is 2.04. The monoisotopic (exact) mass is 257 g/mol. The van der Waals surface area contributed by atoms with Gasteiger partial charge >= 0.3 is 0 Å². The fourth-order valence-corrected chi connectivity index (χ4v) is 1.54. The number of nitrogens with zero attached hydrogens (tertiary/aromatic N) is 2. The minimum atomic E-state index is 0.786. The molecule has 0 radical (unpaired) electrons. The molecule has 0 unspecified atom stereocenters. The molecule has 1 aromatic rings. The molecule has 0 amide bonds. The van der Waals surface area contributed by atoms with E-state index < -0.39 is 0 Å². The number of aryl methyl sites for hydroxylation is 2. The van der Waals surface area contributed by atoms with Crippen molar-refractivity contribution in [2.45, 2.75) is 26.9 Å². The predicted molar refractivity (Wildman–Crippen MR) is 62.4 cm³/mol. The fraction of sp³-hybridized carbons (Fsp3) is 0.500. The summed E-state index contributed by atoms with van der Waals surface area (Å²) in [5, 5.41) is 7.65. The molecule has 0 aliphatic heterocycles. The van der Waals surface area contributed by atoms with Crippen LogP contribution in [0, 0.1) is 6.92 Å². The van der Waals surface area contributed by atoms with Crippen LogP contribution in [-0.4, -0.2) is 16.3 Å². The molecule has 0 aromatic carbocycles. The molecule has 4 heteroatoms. The van der Waals surface area contributed by atoms with Gasteiger partial charge in [0.1, 0.15) is 0 Å². The van der Waals surface area contributed by atoms with E-state index in [9.17, 15) is 0 Å². The Morgan fingerprint density at radius 3 is 3.00 bits per heavy atom. The number of halogens is 1. The molecule has 0 saturated carbocycles. The Kier molecular flexibility index (Phi) is 4.35. The summed E-state index contributed by atoms with van der Waals surface area (Å²) >= 11 is 3.31. The van der Waals surface area contributed by atoms with Gasteiger partial charge in [-0.25, -0.2) is 0 Å². The van der Waals surface area contributed by atoms with E-state index in [1.807, 2.05) is 11.6 Å². The van der Waals surface area contributed by atoms with Crippen molar-refractivity contribution in [1.29, 1.82) is 0 Å². The molecule has 0 saturated heterocycles. The third-order valence-corrected chi connectivity index (χ3v) is 2.19. The molecule has 1 aromatic heterocycles. The lowest BCUT2D eigenvalue weighted by Crippen LogP contribution is -2.17. The van der Waals surface area contributed by atoms with E-state index in [1.165, 1.54) is 5.69 Å². The van der Waals surface area contributed by atoms with Gasteiger partial charge in [0.05, 0.1) is 11.4 Å². The molecule has 1 rings (SSSR count). The minimum absolute atomic E-state index is 0.786. The molecule has 78 valence electrons. The van der Waals surface area contributed by atoms with Gasteiger partial charge in [-0.15, -0.1) is 0 Å². The van der Waals surface area contributed by atoms with Crippen molar-refractivity contribution < 1.29 is 0 Å². The number of hydrogen-bond donors (Lipinski definition) is 1. The normalized spacial score (nSPS) is 10.5. The molecule has 0 fully saturated rings. The van der Waals surface area contributed by atoms with E-state index in [1.54, 1.807) is 0 Å². The van der Waals surface area contributed by atoms with Crippen LogP contribution in [0.2, 0.25) is 0 Å². The van der Waals surface area contributed by atoms with E-state index in [0.29, 0.717) is 0 Å². The van der Waals surface area contributed by atoms with Crippen molar-refractivity contribution >= 4 is 15.9 Å². The van der Waals surface area contributed by atoms with Crippen LogP contribution in [-0.2, 0) is 13.1 Å². The van der Waals surface area contributed by atoms with Gasteiger partial charge in [-0.2, -0.15) is 5.10 Å². The van der Waals surface area contributed by atoms with Crippen molar-refractivity contribution in [2.75, 3.05) is 6.54 Å². The van der Waals surface area contributed by atoms with Crippen molar-refractivity contribution in [3.05, 3.63) is 28.5 Å². The highest BCUT2D eigenvalue weighted by molar-refractivity contribution is 9.11. The Balaban J connectivity index is 2.52. The topological polar surface area (TPSA) is 29.9 Å². The first-order valence-electron chi connectivity index (χ1n) is 4.70. The molecular formula is C10H16BrN3. The summed E-state index contributed by atoms with van der Waals surface area (Å²) in [5.41, 5.74) is 2.29. The smallest absolute Gasteiger partial charge is 0.0597 e. The standard InChI is InChI=1S/C10H16BrN3/c1-4-14-10(5-9(3)13-14)7-12-6-8(2)11/h5,12H,2,4,6-7H2,1,3H3. The summed E-state index contributed by atoms with van der Waals surface area (Å²) < 4.78 is 2.98. The first-order chi connectivity index (χ1) is 6.63. The Labute approximate surface area is 93.3 Å². The van der Waals surface area contributed by atoms with Gasteiger partial charge in [-0.3, -0.25) is 4.68 Å². The third-order valence-electron chi connectivity index (χ3n) is 1.91. The SMILES string of the molecule is C=C(Br)CNCc1cc(C)nn1CC. The van der Waals surface area contributed by atoms with E-state index in [0.717, 1.165) is 29.8 Å². The van der Waals surface area contributed by atoms with Crippen LogP contribution in [0.4, 0.5) is 0 Å². The predicted octanol–water partition coefficient (Wildman–Crippen LogP) is 2.21. The van der Waals surface area contributed by atoms with E-state index >= 15 is 0 Å². The highest BCUT2D eigenvalue weighted by Gasteiger charge is 2.02. The summed E-state index contributed by atoms with van der Waals surface area (Å²) in [7, 11) is 0. The molecule has 0 aliphatic rings. The maximum Gasteiger partial charge on any atom is 0.0597 e. The summed E-state index contributed by atoms with van der Waals surface area (Å²) in [5.74, 6) is 0. The summed E-state index contributed by atoms with van der Waals surface area (Å²) in [6, 6.07) is 2.10. The van der Waals surface area contributed by atoms with E-state index in [-0.39, 0.29) is 0 Å². The van der Waals surface area contributed by atoms with Gasteiger partial charge in [0.15, 0.2) is 0 Å². The molecule has 1 heterocycles. The number of hydrogen-bond acceptors (Lipinski definition) is 2. The first-order valence-corrected chi connectivity index (χ1v) is 5.50. The van der Waals surface area contributed by atoms with Crippen molar-refractivity contribution in [3.8, 4) is 0 Å². The zero-order valence-electron chi connectivity index (χ0n) is 8.68. The van der Waals surface area contributed by atoms with Crippen LogP contribution in [0.3, 0.4) is 0 Å². The lowest BCUT2D eigenvalue weighted by Gasteiger charge is -2.05. The molecule has 0 aliphatic carbocycles. The lowest BCUT2D eigenvalue weighted by molar-refractivity contribution is 0.592. The van der Waals surface area contributed by atoms with Crippen LogP contribution >= 0.6 is 15.9 Å². The van der Waals surface area contributed by atoms with Crippen molar-refractivity contribution in [3.63, 3.8) is 0 Å². The van der Waals surface area contributed by atoms with Crippen LogP contribution in [0.25, 0.3) is 0 Å². The van der Waals surface area contributed by atoms with E-state index in [4.69, 9.17) is 0 Å². The van der Waals surface area contributed by atoms with Gasteiger partial charge in [0, 0.05) is 24.1 Å². The van der Waals surface area contributed by atoms with Gasteiger partial charge in [0.2, 0.25) is 0 Å². The number of nitrogens with one attached hydrogen (secondary N) is 1. The second-order valence-corrected chi connectivity index (χ2v) is 4.34. The molecule has 0 atom stereocenters. The van der Waals surface area contributed by atoms with Crippen LogP contribution in [0.5, 0.6) is 0 Å². The third kappa shape index (κ3) is 3.27. The first kappa shape index (κ1) is 11.5. The molecule has 0 spiro atoms. The largest absolute Gasteiger partial charge is 0.307 e. The van der Waals surface area contributed by atoms with Gasteiger partial charge in [-0.1, -0.05) is 22.5 Å². The summed E-state index contributed by atoms with van der Waals surface area (Å²) in [6.07, 6.45) is 0. The number of rotatable bonds is 5. The fourth-order valence-electron chi connectivity index (χ4n) is 1.34. The van der Waals surface area contributed by atoms with Gasteiger partial charge in [0.25, 0.3) is 0 Å². The van der Waals surface area contributed by atoms with Crippen LogP contribution in [0.1, 0.15) is 18.3 Å². The van der Waals surface area contributed by atoms with Gasteiger partial charge < -0.3 is 5.32 Å². The highest BCUT2D eigenvalue weighted by atomic mass is 79.9. The Hall–Kier alpha value is -0.610. The Bertz CT molecular complexity index is 317. The summed E-state index contributed by atoms with van der Waals surface area (Å²) in [4.78, 5) is 0. The van der Waals surface area contributed by atoms with Crippen molar-refractivity contribution in [2.24, 2.45) is 0 Å². The average molecular weight is 258 g/mol. The molecule has 1 N–H and O–H groups in total. The van der Waals surface area contributed by atoms with E-state index in [2.05, 4.69) is 45.9 Å². The lowest BCUT2D eigenvalue weighted by atomic mass is 10.3. The Morgan fingerprint density at radius 1 is 1.71 bits per heavy atom. The quantitative estimate of drug-likeness (QED) is 0.877. The second-order valence-electron chi connectivity index (χ2n) is 3.21. The zero-order valence-corrected chi connectivity index (χ0v) is 10.3. The molecule has 3 nitrogen and oxygen atoms in total. The maximum absolute atomic E-state index is 4.37. The second kappa shape index (κ2) is 5.32. The molecule has 0 bridgehead atoms. The summed E-state index contributed by atoms with van der Waals surface area (Å²) in [6.45, 7) is 10.4. The number of aromatic nitrogens is 2. The average Bonchev–Trinajstić information content (AvgIpc) is 2.45. The van der Waals surface area contributed by atoms with Gasteiger partial charge in [-0.05, 0) is 19.9 Å². The minimum Gasteiger partial charge on any atom is -0.307 e. The van der Waals surface area contributed by atoms with Crippen LogP contribution < -0.4 is 5.32 Å². The molecular weight excluding hydrogens is 242 g/mol. The van der Waals surface area contributed by atoms with Crippen molar-refractivity contribution in [1.82, 2.24) is 15.1 Å². The Morgan fingerprint density at radius 2 is 2.43 bits per heavy atom. The van der Waals surface area contributed by atoms with Crippen LogP contribution in [0.15, 0.2) is 17.1 Å². The maximum atomic E-state index is 4.37. The molecule has 14 heavy (non-hydrogen) atoms.